The molecule has 21 heavy (non-hydrogen) atoms. The summed E-state index contributed by atoms with van der Waals surface area (Å²) in [6, 6.07) is 10.9. The Balaban J connectivity index is 1.59. The summed E-state index contributed by atoms with van der Waals surface area (Å²) in [7, 11) is 2.15. The van der Waals surface area contributed by atoms with Crippen LogP contribution < -0.4 is 0 Å². The van der Waals surface area contributed by atoms with Crippen LogP contribution in [0.4, 0.5) is 0 Å². The Hall–Kier alpha value is -1.57. The van der Waals surface area contributed by atoms with Crippen molar-refractivity contribution in [2.75, 3.05) is 13.6 Å². The first-order valence-corrected chi connectivity index (χ1v) is 8.22. The van der Waals surface area contributed by atoms with Crippen LogP contribution in [-0.2, 0) is 4.79 Å². The Morgan fingerprint density at radius 3 is 2.67 bits per heavy atom. The van der Waals surface area contributed by atoms with Crippen molar-refractivity contribution in [3.05, 3.63) is 47.7 Å². The molecule has 0 radical (unpaired) electrons. The number of carbonyl (C=O) groups is 1. The molecule has 0 spiro atoms. The molecule has 2 heteroatoms. The van der Waals surface area contributed by atoms with Crippen LogP contribution in [0, 0.1) is 5.92 Å². The van der Waals surface area contributed by atoms with E-state index in [1.54, 1.807) is 0 Å². The van der Waals surface area contributed by atoms with Crippen LogP contribution in [0.15, 0.2) is 42.1 Å². The van der Waals surface area contributed by atoms with E-state index in [1.807, 2.05) is 6.08 Å². The van der Waals surface area contributed by atoms with Crippen molar-refractivity contribution < 1.29 is 4.79 Å². The number of allylic oxidation sites excluding steroid dienone is 2. The summed E-state index contributed by atoms with van der Waals surface area (Å²) in [6.45, 7) is 1.10. The summed E-state index contributed by atoms with van der Waals surface area (Å²) in [5, 5.41) is 0. The highest BCUT2D eigenvalue weighted by atomic mass is 16.1. The lowest BCUT2D eigenvalue weighted by Crippen LogP contribution is -2.28. The predicted molar refractivity (Wildman–Crippen MR) is 86.1 cm³/mol. The summed E-state index contributed by atoms with van der Waals surface area (Å²) in [5.41, 5.74) is 2.74. The molecule has 1 fully saturated rings. The van der Waals surface area contributed by atoms with E-state index in [9.17, 15) is 4.79 Å². The molecule has 112 valence electrons. The average Bonchev–Trinajstić information content (AvgIpc) is 2.95. The van der Waals surface area contributed by atoms with Gasteiger partial charge in [-0.05, 0) is 43.1 Å². The zero-order valence-corrected chi connectivity index (χ0v) is 12.9. The fourth-order valence-corrected chi connectivity index (χ4v) is 3.87. The smallest absolute Gasteiger partial charge is 0.157 e. The Morgan fingerprint density at radius 2 is 1.95 bits per heavy atom. The van der Waals surface area contributed by atoms with Gasteiger partial charge < -0.3 is 4.90 Å². The van der Waals surface area contributed by atoms with Crippen molar-refractivity contribution in [3.63, 3.8) is 0 Å². The second-order valence-corrected chi connectivity index (χ2v) is 6.62. The van der Waals surface area contributed by atoms with E-state index in [0.29, 0.717) is 12.2 Å². The van der Waals surface area contributed by atoms with Gasteiger partial charge in [0.15, 0.2) is 5.78 Å². The first kappa shape index (κ1) is 14.4. The van der Waals surface area contributed by atoms with Crippen LogP contribution in [0.3, 0.4) is 0 Å². The van der Waals surface area contributed by atoms with Crippen LogP contribution >= 0.6 is 0 Å². The first-order chi connectivity index (χ1) is 10.2. The Morgan fingerprint density at radius 1 is 1.14 bits per heavy atom. The van der Waals surface area contributed by atoms with Crippen molar-refractivity contribution in [3.8, 4) is 0 Å². The lowest BCUT2D eigenvalue weighted by molar-refractivity contribution is -0.114. The first-order valence-electron chi connectivity index (χ1n) is 8.22. The molecule has 2 nitrogen and oxygen atoms in total. The molecular weight excluding hydrogens is 258 g/mol. The van der Waals surface area contributed by atoms with Gasteiger partial charge in [-0.3, -0.25) is 4.79 Å². The SMILES string of the molecule is CN(CC1CCCC(c2ccccc2)C1)C1=CC(=O)CC1. The van der Waals surface area contributed by atoms with Gasteiger partial charge in [-0.25, -0.2) is 0 Å². The maximum atomic E-state index is 11.4. The monoisotopic (exact) mass is 283 g/mol. The number of hydrogen-bond acceptors (Lipinski definition) is 2. The third-order valence-corrected chi connectivity index (χ3v) is 5.03. The molecule has 0 amide bonds. The van der Waals surface area contributed by atoms with Crippen LogP contribution in [0.2, 0.25) is 0 Å². The molecular formula is C19H25NO. The number of ketones is 1. The molecule has 0 saturated heterocycles. The summed E-state index contributed by atoms with van der Waals surface area (Å²) >= 11 is 0. The molecule has 2 aliphatic carbocycles. The fraction of sp³-hybridized carbons (Fsp3) is 0.526. The van der Waals surface area contributed by atoms with Gasteiger partial charge in [-0.15, -0.1) is 0 Å². The van der Waals surface area contributed by atoms with E-state index < -0.39 is 0 Å². The Kier molecular flexibility index (Phi) is 4.42. The molecule has 2 aliphatic rings. The van der Waals surface area contributed by atoms with Gasteiger partial charge in [-0.1, -0.05) is 36.8 Å². The van der Waals surface area contributed by atoms with E-state index in [-0.39, 0.29) is 0 Å². The standard InChI is InChI=1S/C19H25NO/c1-20(18-10-11-19(21)13-18)14-15-6-5-9-17(12-15)16-7-3-2-4-8-16/h2-4,7-8,13,15,17H,5-6,9-12,14H2,1H3. The van der Waals surface area contributed by atoms with Gasteiger partial charge in [0.1, 0.15) is 0 Å². The second-order valence-electron chi connectivity index (χ2n) is 6.62. The number of benzene rings is 1. The normalized spacial score (nSPS) is 25.8. The topological polar surface area (TPSA) is 20.3 Å². The third kappa shape index (κ3) is 3.55. The summed E-state index contributed by atoms with van der Waals surface area (Å²) in [6.07, 6.45) is 8.75. The molecule has 0 aromatic heterocycles. The van der Waals surface area contributed by atoms with Gasteiger partial charge in [0.05, 0.1) is 0 Å². The van der Waals surface area contributed by atoms with Crippen LogP contribution in [0.25, 0.3) is 0 Å². The van der Waals surface area contributed by atoms with E-state index >= 15 is 0 Å². The lowest BCUT2D eigenvalue weighted by Gasteiger charge is -2.33. The quantitative estimate of drug-likeness (QED) is 0.827. The molecule has 0 heterocycles. The van der Waals surface area contributed by atoms with Gasteiger partial charge in [0.25, 0.3) is 0 Å². The van der Waals surface area contributed by atoms with Gasteiger partial charge in [0, 0.05) is 31.8 Å². The third-order valence-electron chi connectivity index (χ3n) is 5.03. The van der Waals surface area contributed by atoms with Crippen LogP contribution in [0.5, 0.6) is 0 Å². The summed E-state index contributed by atoms with van der Waals surface area (Å²) in [4.78, 5) is 13.7. The molecule has 1 saturated carbocycles. The highest BCUT2D eigenvalue weighted by Gasteiger charge is 2.25. The van der Waals surface area contributed by atoms with Crippen LogP contribution in [0.1, 0.15) is 50.0 Å². The van der Waals surface area contributed by atoms with Gasteiger partial charge in [-0.2, -0.15) is 0 Å². The van der Waals surface area contributed by atoms with E-state index in [4.69, 9.17) is 0 Å². The number of carbonyl (C=O) groups excluding carboxylic acids is 1. The van der Waals surface area contributed by atoms with E-state index in [0.717, 1.165) is 24.8 Å². The van der Waals surface area contributed by atoms with Crippen LogP contribution in [-0.4, -0.2) is 24.3 Å². The minimum atomic E-state index is 0.294. The number of hydrogen-bond donors (Lipinski definition) is 0. The predicted octanol–water partition coefficient (Wildman–Crippen LogP) is 4.14. The Labute approximate surface area is 127 Å². The van der Waals surface area contributed by atoms with Crippen molar-refractivity contribution in [1.29, 1.82) is 0 Å². The maximum absolute atomic E-state index is 11.4. The van der Waals surface area contributed by atoms with Crippen molar-refractivity contribution in [2.24, 2.45) is 5.92 Å². The second kappa shape index (κ2) is 6.46. The number of nitrogens with zero attached hydrogens (tertiary/aromatic N) is 1. The Bertz CT molecular complexity index is 520. The minimum Gasteiger partial charge on any atom is -0.377 e. The zero-order chi connectivity index (χ0) is 14.7. The van der Waals surface area contributed by atoms with E-state index in [1.165, 1.54) is 36.9 Å². The van der Waals surface area contributed by atoms with Crippen molar-refractivity contribution in [1.82, 2.24) is 4.90 Å². The summed E-state index contributed by atoms with van der Waals surface area (Å²) < 4.78 is 0. The van der Waals surface area contributed by atoms with Crippen molar-refractivity contribution >= 4 is 5.78 Å². The number of rotatable bonds is 4. The average molecular weight is 283 g/mol. The van der Waals surface area contributed by atoms with Gasteiger partial charge >= 0.3 is 0 Å². The molecule has 1 aromatic rings. The van der Waals surface area contributed by atoms with Crippen molar-refractivity contribution in [2.45, 2.75) is 44.4 Å². The van der Waals surface area contributed by atoms with Gasteiger partial charge in [0.2, 0.25) is 0 Å². The molecule has 0 aliphatic heterocycles. The maximum Gasteiger partial charge on any atom is 0.157 e. The zero-order valence-electron chi connectivity index (χ0n) is 12.9. The highest BCUT2D eigenvalue weighted by molar-refractivity contribution is 5.92. The lowest BCUT2D eigenvalue weighted by atomic mass is 9.78. The molecule has 2 atom stereocenters. The summed E-state index contributed by atoms with van der Waals surface area (Å²) in [5.74, 6) is 1.77. The highest BCUT2D eigenvalue weighted by Crippen LogP contribution is 2.36. The minimum absolute atomic E-state index is 0.294. The molecule has 3 rings (SSSR count). The molecule has 0 bridgehead atoms. The largest absolute Gasteiger partial charge is 0.377 e. The molecule has 1 aromatic carbocycles. The molecule has 0 N–H and O–H groups in total. The fourth-order valence-electron chi connectivity index (χ4n) is 3.87. The molecule has 2 unspecified atom stereocenters. The van der Waals surface area contributed by atoms with E-state index in [2.05, 4.69) is 42.3 Å².